The predicted molar refractivity (Wildman–Crippen MR) is 87.6 cm³/mol. The molecule has 0 aliphatic carbocycles. The van der Waals surface area contributed by atoms with Gasteiger partial charge in [-0.3, -0.25) is 0 Å². The lowest BCUT2D eigenvalue weighted by Gasteiger charge is -2.24. The number of rotatable bonds is 4. The van der Waals surface area contributed by atoms with Crippen molar-refractivity contribution in [1.29, 1.82) is 0 Å². The molecule has 3 heteroatoms. The van der Waals surface area contributed by atoms with Crippen LogP contribution in [0, 0.1) is 26.6 Å². The van der Waals surface area contributed by atoms with Gasteiger partial charge in [0, 0.05) is 0 Å². The number of aryl methyl sites for hydroxylation is 3. The highest BCUT2D eigenvalue weighted by Crippen LogP contribution is 2.30. The molecule has 21 heavy (non-hydrogen) atoms. The van der Waals surface area contributed by atoms with Gasteiger partial charge in [0.1, 0.15) is 5.82 Å². The van der Waals surface area contributed by atoms with Crippen LogP contribution in [0.15, 0.2) is 30.3 Å². The Labute approximate surface area is 131 Å². The monoisotopic (exact) mass is 305 g/mol. The standard InChI is InChI=1S/C18H21ClFN/c1-5-21-18(14-6-7-15(19)16(20)10-14)17-12(3)8-11(2)9-13(17)4/h6-10,18,21H,5H2,1-4H3. The van der Waals surface area contributed by atoms with Crippen molar-refractivity contribution in [2.45, 2.75) is 33.7 Å². The van der Waals surface area contributed by atoms with E-state index in [9.17, 15) is 4.39 Å². The predicted octanol–water partition coefficient (Wildman–Crippen LogP) is 5.10. The maximum Gasteiger partial charge on any atom is 0.142 e. The minimum Gasteiger partial charge on any atom is -0.307 e. The van der Waals surface area contributed by atoms with Crippen LogP contribution in [0.1, 0.15) is 40.8 Å². The van der Waals surface area contributed by atoms with Crippen LogP contribution in [0.25, 0.3) is 0 Å². The van der Waals surface area contributed by atoms with Crippen molar-refractivity contribution < 1.29 is 4.39 Å². The minimum atomic E-state index is -0.375. The van der Waals surface area contributed by atoms with Gasteiger partial charge in [0.2, 0.25) is 0 Å². The van der Waals surface area contributed by atoms with Crippen LogP contribution < -0.4 is 5.32 Å². The van der Waals surface area contributed by atoms with Gasteiger partial charge in [-0.25, -0.2) is 4.39 Å². The van der Waals surface area contributed by atoms with Crippen molar-refractivity contribution >= 4 is 11.6 Å². The van der Waals surface area contributed by atoms with Crippen LogP contribution in [0.2, 0.25) is 5.02 Å². The first-order valence-electron chi connectivity index (χ1n) is 7.20. The molecule has 0 heterocycles. The summed E-state index contributed by atoms with van der Waals surface area (Å²) in [6, 6.07) is 9.33. The molecule has 0 fully saturated rings. The third-order valence-electron chi connectivity index (χ3n) is 3.71. The maximum atomic E-state index is 13.8. The SMILES string of the molecule is CCNC(c1ccc(Cl)c(F)c1)c1c(C)cc(C)cc1C. The van der Waals surface area contributed by atoms with Crippen LogP contribution in [0.5, 0.6) is 0 Å². The van der Waals surface area contributed by atoms with Crippen LogP contribution in [-0.4, -0.2) is 6.54 Å². The molecule has 0 spiro atoms. The number of benzene rings is 2. The van der Waals surface area contributed by atoms with Crippen molar-refractivity contribution in [3.63, 3.8) is 0 Å². The summed E-state index contributed by atoms with van der Waals surface area (Å²) in [5.41, 5.74) is 5.78. The average Bonchev–Trinajstić information content (AvgIpc) is 2.40. The van der Waals surface area contributed by atoms with Gasteiger partial charge in [0.05, 0.1) is 11.1 Å². The second-order valence-corrected chi connectivity index (χ2v) is 5.88. The van der Waals surface area contributed by atoms with E-state index in [1.165, 1.54) is 28.3 Å². The van der Waals surface area contributed by atoms with Crippen LogP contribution in [0.3, 0.4) is 0 Å². The Kier molecular flexibility index (Phi) is 5.02. The summed E-state index contributed by atoms with van der Waals surface area (Å²) in [5.74, 6) is -0.375. The molecule has 2 rings (SSSR count). The van der Waals surface area contributed by atoms with Crippen molar-refractivity contribution in [3.8, 4) is 0 Å². The van der Waals surface area contributed by atoms with Crippen molar-refractivity contribution in [3.05, 3.63) is 69.0 Å². The Hall–Kier alpha value is -1.38. The molecule has 0 saturated carbocycles. The molecule has 0 bridgehead atoms. The zero-order valence-electron chi connectivity index (χ0n) is 12.9. The topological polar surface area (TPSA) is 12.0 Å². The fraction of sp³-hybridized carbons (Fsp3) is 0.333. The van der Waals surface area contributed by atoms with Gasteiger partial charge in [0.25, 0.3) is 0 Å². The average molecular weight is 306 g/mol. The first kappa shape index (κ1) is 16.0. The van der Waals surface area contributed by atoms with Gasteiger partial charge in [-0.1, -0.05) is 42.3 Å². The van der Waals surface area contributed by atoms with E-state index >= 15 is 0 Å². The molecular formula is C18H21ClFN. The Morgan fingerprint density at radius 2 is 1.71 bits per heavy atom. The molecule has 2 aromatic rings. The maximum absolute atomic E-state index is 13.8. The number of hydrogen-bond donors (Lipinski definition) is 1. The van der Waals surface area contributed by atoms with E-state index in [1.54, 1.807) is 6.07 Å². The third kappa shape index (κ3) is 3.45. The molecule has 0 radical (unpaired) electrons. The van der Waals surface area contributed by atoms with Gasteiger partial charge in [0.15, 0.2) is 0 Å². The van der Waals surface area contributed by atoms with Crippen molar-refractivity contribution in [1.82, 2.24) is 5.32 Å². The second kappa shape index (κ2) is 6.59. The Morgan fingerprint density at radius 1 is 1.10 bits per heavy atom. The smallest absolute Gasteiger partial charge is 0.142 e. The summed E-state index contributed by atoms with van der Waals surface area (Å²) in [6.07, 6.45) is 0. The van der Waals surface area contributed by atoms with Gasteiger partial charge in [-0.05, 0) is 61.7 Å². The lowest BCUT2D eigenvalue weighted by atomic mass is 9.90. The van der Waals surface area contributed by atoms with Crippen LogP contribution in [0.4, 0.5) is 4.39 Å². The summed E-state index contributed by atoms with van der Waals surface area (Å²) in [5, 5.41) is 3.61. The van der Waals surface area contributed by atoms with E-state index in [1.807, 2.05) is 6.07 Å². The Morgan fingerprint density at radius 3 is 2.24 bits per heavy atom. The van der Waals surface area contributed by atoms with E-state index < -0.39 is 0 Å². The first-order chi connectivity index (χ1) is 9.93. The highest BCUT2D eigenvalue weighted by Gasteiger charge is 2.19. The minimum absolute atomic E-state index is 0.0256. The molecule has 1 nitrogen and oxygen atoms in total. The summed E-state index contributed by atoms with van der Waals surface area (Å²) >= 11 is 5.80. The van der Waals surface area contributed by atoms with Crippen molar-refractivity contribution in [2.75, 3.05) is 6.54 Å². The van der Waals surface area contributed by atoms with Crippen LogP contribution >= 0.6 is 11.6 Å². The molecule has 2 aromatic carbocycles. The van der Waals surface area contributed by atoms with Gasteiger partial charge >= 0.3 is 0 Å². The van der Waals surface area contributed by atoms with E-state index in [-0.39, 0.29) is 16.9 Å². The lowest BCUT2D eigenvalue weighted by molar-refractivity contribution is 0.600. The van der Waals surface area contributed by atoms with Crippen molar-refractivity contribution in [2.24, 2.45) is 0 Å². The largest absolute Gasteiger partial charge is 0.307 e. The highest BCUT2D eigenvalue weighted by molar-refractivity contribution is 6.30. The zero-order valence-corrected chi connectivity index (χ0v) is 13.7. The molecule has 0 aliphatic heterocycles. The molecular weight excluding hydrogens is 285 g/mol. The van der Waals surface area contributed by atoms with E-state index in [2.05, 4.69) is 45.1 Å². The van der Waals surface area contributed by atoms with E-state index in [4.69, 9.17) is 11.6 Å². The fourth-order valence-corrected chi connectivity index (χ4v) is 3.05. The zero-order chi connectivity index (χ0) is 15.6. The fourth-order valence-electron chi connectivity index (χ4n) is 2.93. The van der Waals surface area contributed by atoms with Gasteiger partial charge in [-0.2, -0.15) is 0 Å². The summed E-state index contributed by atoms with van der Waals surface area (Å²) in [7, 11) is 0. The molecule has 0 saturated heterocycles. The third-order valence-corrected chi connectivity index (χ3v) is 4.02. The lowest BCUT2D eigenvalue weighted by Crippen LogP contribution is -2.24. The second-order valence-electron chi connectivity index (χ2n) is 5.48. The van der Waals surface area contributed by atoms with E-state index in [0.717, 1.165) is 12.1 Å². The molecule has 0 aromatic heterocycles. The van der Waals surface area contributed by atoms with E-state index in [0.29, 0.717) is 0 Å². The molecule has 0 aliphatic rings. The normalized spacial score (nSPS) is 12.5. The highest BCUT2D eigenvalue weighted by atomic mass is 35.5. The van der Waals surface area contributed by atoms with Gasteiger partial charge < -0.3 is 5.32 Å². The summed E-state index contributed by atoms with van der Waals surface area (Å²) in [4.78, 5) is 0. The molecule has 1 unspecified atom stereocenters. The number of halogens is 2. The molecule has 0 amide bonds. The first-order valence-corrected chi connectivity index (χ1v) is 7.58. The number of hydrogen-bond acceptors (Lipinski definition) is 1. The molecule has 1 atom stereocenters. The van der Waals surface area contributed by atoms with Gasteiger partial charge in [-0.15, -0.1) is 0 Å². The summed E-state index contributed by atoms with van der Waals surface area (Å²) < 4.78 is 13.8. The Bertz CT molecular complexity index is 629. The summed E-state index contributed by atoms with van der Waals surface area (Å²) in [6.45, 7) is 9.16. The Balaban J connectivity index is 2.55. The molecule has 112 valence electrons. The quantitative estimate of drug-likeness (QED) is 0.828. The number of nitrogens with one attached hydrogen (secondary N) is 1. The van der Waals surface area contributed by atoms with Crippen LogP contribution in [-0.2, 0) is 0 Å². The molecule has 1 N–H and O–H groups in total.